The number of anilines is 1. The Kier molecular flexibility index (Phi) is 4.18. The monoisotopic (exact) mass is 612 g/mol. The van der Waals surface area contributed by atoms with Crippen LogP contribution in [0.1, 0.15) is 69.9 Å². The van der Waals surface area contributed by atoms with Gasteiger partial charge in [0.1, 0.15) is 0 Å². The smallest absolute Gasteiger partial charge is 0.0975 e. The molecule has 2 aliphatic carbocycles. The summed E-state index contributed by atoms with van der Waals surface area (Å²) in [7, 11) is 0. The lowest BCUT2D eigenvalue weighted by Crippen LogP contribution is -2.71. The molecule has 3 spiro atoms. The lowest BCUT2D eigenvalue weighted by molar-refractivity contribution is -0.0218. The van der Waals surface area contributed by atoms with Gasteiger partial charge in [0.25, 0.3) is 0 Å². The average Bonchev–Trinajstić information content (AvgIpc) is 3.90. The van der Waals surface area contributed by atoms with E-state index in [0.717, 1.165) is 19.6 Å². The number of allylic oxidation sites excluding steroid dienone is 1. The molecule has 7 fully saturated rings. The molecular formula is C40H44N4O2. The maximum atomic E-state index is 6.72. The van der Waals surface area contributed by atoms with E-state index < -0.39 is 0 Å². The topological polar surface area (TPSA) is 47.1 Å². The number of fused-ring (bicyclic) bond motifs is 8. The summed E-state index contributed by atoms with van der Waals surface area (Å²) in [5.74, 6) is 0. The Morgan fingerprint density at radius 1 is 0.783 bits per heavy atom. The van der Waals surface area contributed by atoms with Gasteiger partial charge in [-0.25, -0.2) is 0 Å². The number of nitrogens with zero attached hydrogens (tertiary/aromatic N) is 4. The second-order valence-corrected chi connectivity index (χ2v) is 17.4. The van der Waals surface area contributed by atoms with Crippen molar-refractivity contribution in [1.29, 1.82) is 0 Å². The lowest BCUT2D eigenvalue weighted by Gasteiger charge is -2.64. The van der Waals surface area contributed by atoms with Gasteiger partial charge < -0.3 is 14.4 Å². The molecule has 2 aromatic carbocycles. The van der Waals surface area contributed by atoms with E-state index in [1.54, 1.807) is 22.5 Å². The Balaban J connectivity index is 1.08. The van der Waals surface area contributed by atoms with Crippen molar-refractivity contribution in [2.45, 2.75) is 106 Å². The Morgan fingerprint density at radius 2 is 1.46 bits per heavy atom. The van der Waals surface area contributed by atoms with Crippen LogP contribution < -0.4 is 4.90 Å². The standard InChI is InChI=1S/C40H44N4O2/c1-3-37-18-23-17-36(22-44-27-12-8-6-10-25(27)39(30(23)44)13-15-42(34(37)39)19-28-31(37)45-28)21-38(4-2)32-29(46-32)20-43-16-14-40(35(38)43)24-9-5-7-11-26(24)41-33(36)40/h5-12,28-29,31-32,34-35H,3-4,13-22H2,1-2H3/t28-,29-,31-,32-,34+,35+,36-,37-,38-,39+,40+/m1/s1. The van der Waals surface area contributed by atoms with Gasteiger partial charge in [-0.3, -0.25) is 14.8 Å². The van der Waals surface area contributed by atoms with Crippen molar-refractivity contribution in [3.63, 3.8) is 0 Å². The second kappa shape index (κ2) is 7.54. The Morgan fingerprint density at radius 3 is 2.24 bits per heavy atom. The number of ether oxygens (including phenoxy) is 2. The second-order valence-electron chi connectivity index (χ2n) is 17.4. The molecule has 9 heterocycles. The van der Waals surface area contributed by atoms with Crippen molar-refractivity contribution in [3.8, 4) is 0 Å². The van der Waals surface area contributed by atoms with Crippen molar-refractivity contribution in [2.24, 2.45) is 21.2 Å². The van der Waals surface area contributed by atoms with Gasteiger partial charge >= 0.3 is 0 Å². The highest BCUT2D eigenvalue weighted by molar-refractivity contribution is 6.08. The number of hydrogen-bond acceptors (Lipinski definition) is 6. The predicted molar refractivity (Wildman–Crippen MR) is 177 cm³/mol. The molecular weight excluding hydrogens is 568 g/mol. The molecule has 0 bridgehead atoms. The average molecular weight is 613 g/mol. The summed E-state index contributed by atoms with van der Waals surface area (Å²) in [5, 5.41) is 0. The molecule has 236 valence electrons. The summed E-state index contributed by atoms with van der Waals surface area (Å²) in [6.07, 6.45) is 10.1. The fraction of sp³-hybridized carbons (Fsp3) is 0.625. The third-order valence-electron chi connectivity index (χ3n) is 16.3. The summed E-state index contributed by atoms with van der Waals surface area (Å²) in [6.45, 7) is 10.7. The molecule has 13 rings (SSSR count). The summed E-state index contributed by atoms with van der Waals surface area (Å²) in [5.41, 5.74) is 11.3. The summed E-state index contributed by atoms with van der Waals surface area (Å²) in [6, 6.07) is 20.0. The van der Waals surface area contributed by atoms with Crippen LogP contribution >= 0.6 is 0 Å². The molecule has 0 unspecified atom stereocenters. The fourth-order valence-electron chi connectivity index (χ4n) is 15.3. The van der Waals surface area contributed by atoms with Crippen molar-refractivity contribution in [1.82, 2.24) is 9.80 Å². The fourth-order valence-corrected chi connectivity index (χ4v) is 15.3. The van der Waals surface area contributed by atoms with Gasteiger partial charge in [0.15, 0.2) is 0 Å². The number of epoxide rings is 2. The van der Waals surface area contributed by atoms with Crippen molar-refractivity contribution < 1.29 is 9.47 Å². The van der Waals surface area contributed by atoms with E-state index in [9.17, 15) is 0 Å². The molecule has 0 N–H and O–H groups in total. The highest BCUT2D eigenvalue weighted by Gasteiger charge is 2.80. The van der Waals surface area contributed by atoms with Gasteiger partial charge in [0.05, 0.1) is 40.9 Å². The first-order chi connectivity index (χ1) is 22.5. The van der Waals surface area contributed by atoms with Crippen molar-refractivity contribution in [2.75, 3.05) is 37.6 Å². The number of benzene rings is 2. The van der Waals surface area contributed by atoms with E-state index in [1.807, 2.05) is 0 Å². The molecule has 0 amide bonds. The maximum absolute atomic E-state index is 6.72. The molecule has 1 saturated carbocycles. The third-order valence-corrected chi connectivity index (χ3v) is 16.3. The lowest BCUT2D eigenvalue weighted by atomic mass is 9.43. The normalized spacial score (nSPS) is 50.7. The van der Waals surface area contributed by atoms with Crippen LogP contribution in [-0.2, 0) is 20.3 Å². The van der Waals surface area contributed by atoms with E-state index in [2.05, 4.69) is 77.1 Å². The minimum Gasteiger partial charge on any atom is -0.368 e. The molecule has 6 heteroatoms. The van der Waals surface area contributed by atoms with Crippen LogP contribution in [0.15, 0.2) is 64.8 Å². The zero-order chi connectivity index (χ0) is 30.0. The molecule has 0 radical (unpaired) electrons. The molecule has 6 nitrogen and oxygen atoms in total. The summed E-state index contributed by atoms with van der Waals surface area (Å²) in [4.78, 5) is 14.5. The van der Waals surface area contributed by atoms with E-state index in [1.165, 1.54) is 75.0 Å². The first kappa shape index (κ1) is 25.5. The van der Waals surface area contributed by atoms with Crippen LogP contribution in [0.5, 0.6) is 0 Å². The molecule has 0 aromatic heterocycles. The largest absolute Gasteiger partial charge is 0.368 e. The molecule has 46 heavy (non-hydrogen) atoms. The molecule has 11 atom stereocenters. The number of hydrogen-bond donors (Lipinski definition) is 0. The van der Waals surface area contributed by atoms with Crippen LogP contribution in [0.4, 0.5) is 11.4 Å². The van der Waals surface area contributed by atoms with Gasteiger partial charge in [-0.05, 0) is 86.9 Å². The van der Waals surface area contributed by atoms with Gasteiger partial charge in [-0.2, -0.15) is 0 Å². The number of rotatable bonds is 2. The van der Waals surface area contributed by atoms with Gasteiger partial charge in [0.2, 0.25) is 0 Å². The van der Waals surface area contributed by atoms with Gasteiger partial charge in [-0.15, -0.1) is 0 Å². The zero-order valence-electron chi connectivity index (χ0n) is 27.2. The van der Waals surface area contributed by atoms with Crippen molar-refractivity contribution >= 4 is 17.1 Å². The SMILES string of the molecule is CC[C@@]12C[C@@]3(CC4=C5N(C3)c3ccccc3[C@@]53CCN5C[C@H]6O[C@H]6[C@@](CC)(C4)[C@H]53)C3=Nc4ccccc4[C@@]34CCN(C[C@H]3O[C@H]31)[C@@H]24. The van der Waals surface area contributed by atoms with Crippen LogP contribution in [0, 0.1) is 16.2 Å². The maximum Gasteiger partial charge on any atom is 0.0975 e. The number of piperidine rings is 2. The highest BCUT2D eigenvalue weighted by atomic mass is 16.6. The van der Waals surface area contributed by atoms with Crippen LogP contribution in [0.3, 0.4) is 0 Å². The van der Waals surface area contributed by atoms with Gasteiger partial charge in [-0.1, -0.05) is 50.2 Å². The molecule has 11 aliphatic rings. The van der Waals surface area contributed by atoms with E-state index in [4.69, 9.17) is 14.5 Å². The van der Waals surface area contributed by atoms with Crippen LogP contribution in [0.25, 0.3) is 0 Å². The Labute approximate surface area is 271 Å². The Bertz CT molecular complexity index is 1870. The predicted octanol–water partition coefficient (Wildman–Crippen LogP) is 5.72. The van der Waals surface area contributed by atoms with Crippen LogP contribution in [0.2, 0.25) is 0 Å². The molecule has 6 saturated heterocycles. The Hall–Kier alpha value is -2.51. The van der Waals surface area contributed by atoms with E-state index in [-0.39, 0.29) is 27.1 Å². The minimum atomic E-state index is -0.00854. The first-order valence-electron chi connectivity index (χ1n) is 18.6. The first-order valence-corrected chi connectivity index (χ1v) is 18.6. The molecule has 9 aliphatic heterocycles. The van der Waals surface area contributed by atoms with Gasteiger partial charge in [0, 0.05) is 65.1 Å². The van der Waals surface area contributed by atoms with E-state index >= 15 is 0 Å². The summed E-state index contributed by atoms with van der Waals surface area (Å²) >= 11 is 0. The summed E-state index contributed by atoms with van der Waals surface area (Å²) < 4.78 is 13.4. The number of aliphatic imine (C=N–C) groups is 1. The zero-order valence-corrected chi connectivity index (χ0v) is 27.2. The van der Waals surface area contributed by atoms with E-state index in [0.29, 0.717) is 36.5 Å². The highest BCUT2D eigenvalue weighted by Crippen LogP contribution is 2.75. The molecule has 2 aromatic rings. The third kappa shape index (κ3) is 2.40. The quantitative estimate of drug-likeness (QED) is 0.406. The van der Waals surface area contributed by atoms with Crippen LogP contribution in [-0.4, -0.2) is 84.7 Å². The number of para-hydroxylation sites is 2. The van der Waals surface area contributed by atoms with Crippen molar-refractivity contribution in [3.05, 3.63) is 70.9 Å². The minimum absolute atomic E-state index is 0.00386.